The lowest BCUT2D eigenvalue weighted by Crippen LogP contribution is -2.43. The number of rotatable bonds is 4. The first kappa shape index (κ1) is 11.5. The highest BCUT2D eigenvalue weighted by molar-refractivity contribution is 5.76. The number of hydrogen-bond acceptors (Lipinski definition) is 3. The molecule has 0 bridgehead atoms. The van der Waals surface area contributed by atoms with Gasteiger partial charge in [-0.15, -0.1) is 0 Å². The number of nitrogens with two attached hydrogens (primary N) is 2. The van der Waals surface area contributed by atoms with Gasteiger partial charge in [0.15, 0.2) is 0 Å². The Morgan fingerprint density at radius 1 is 1.43 bits per heavy atom. The number of primary amides is 1. The summed E-state index contributed by atoms with van der Waals surface area (Å²) in [5, 5.41) is 3.45. The number of nitrogens with one attached hydrogen (secondary N) is 1. The van der Waals surface area contributed by atoms with Crippen molar-refractivity contribution in [2.24, 2.45) is 17.4 Å². The van der Waals surface area contributed by atoms with Crippen LogP contribution in [0.3, 0.4) is 0 Å². The van der Waals surface area contributed by atoms with E-state index >= 15 is 0 Å². The van der Waals surface area contributed by atoms with Gasteiger partial charge >= 0.3 is 0 Å². The van der Waals surface area contributed by atoms with Gasteiger partial charge in [-0.1, -0.05) is 0 Å². The van der Waals surface area contributed by atoms with Gasteiger partial charge in [-0.05, 0) is 32.6 Å². The van der Waals surface area contributed by atoms with E-state index in [1.54, 1.807) is 0 Å². The normalized spacial score (nSPS) is 29.9. The Labute approximate surface area is 85.4 Å². The lowest BCUT2D eigenvalue weighted by atomic mass is 9.85. The summed E-state index contributed by atoms with van der Waals surface area (Å²) in [5.41, 5.74) is 10.8. The van der Waals surface area contributed by atoms with Crippen molar-refractivity contribution in [3.8, 4) is 0 Å². The summed E-state index contributed by atoms with van der Waals surface area (Å²) < 4.78 is 0. The number of carbonyl (C=O) groups is 1. The van der Waals surface area contributed by atoms with E-state index in [1.807, 2.05) is 0 Å². The van der Waals surface area contributed by atoms with E-state index in [9.17, 15) is 4.79 Å². The van der Waals surface area contributed by atoms with Crippen LogP contribution in [0.15, 0.2) is 0 Å². The SMILES string of the molecule is CC(CN)NC1CCC(C(N)=O)CC1. The van der Waals surface area contributed by atoms with Crippen molar-refractivity contribution in [1.82, 2.24) is 5.32 Å². The summed E-state index contributed by atoms with van der Waals surface area (Å²) in [6, 6.07) is 0.884. The zero-order chi connectivity index (χ0) is 10.6. The molecule has 0 aliphatic heterocycles. The molecule has 0 spiro atoms. The fourth-order valence-corrected chi connectivity index (χ4v) is 2.02. The molecule has 1 saturated carbocycles. The highest BCUT2D eigenvalue weighted by atomic mass is 16.1. The van der Waals surface area contributed by atoms with Crippen molar-refractivity contribution < 1.29 is 4.79 Å². The molecule has 0 aromatic heterocycles. The van der Waals surface area contributed by atoms with Crippen molar-refractivity contribution in [1.29, 1.82) is 0 Å². The van der Waals surface area contributed by atoms with Crippen molar-refractivity contribution in [3.05, 3.63) is 0 Å². The van der Waals surface area contributed by atoms with Crippen LogP contribution in [0.5, 0.6) is 0 Å². The Kier molecular flexibility index (Phi) is 4.35. The second-order valence-electron chi connectivity index (χ2n) is 4.25. The monoisotopic (exact) mass is 199 g/mol. The van der Waals surface area contributed by atoms with Gasteiger partial charge in [0.25, 0.3) is 0 Å². The van der Waals surface area contributed by atoms with E-state index in [1.165, 1.54) is 0 Å². The number of hydrogen-bond donors (Lipinski definition) is 3. The summed E-state index contributed by atoms with van der Waals surface area (Å²) in [5.74, 6) is -0.0449. The molecule has 1 aliphatic rings. The van der Waals surface area contributed by atoms with E-state index in [4.69, 9.17) is 11.5 Å². The average Bonchev–Trinajstić information content (AvgIpc) is 2.18. The van der Waals surface area contributed by atoms with Crippen LogP contribution >= 0.6 is 0 Å². The van der Waals surface area contributed by atoms with Crippen molar-refractivity contribution >= 4 is 5.91 Å². The lowest BCUT2D eigenvalue weighted by molar-refractivity contribution is -0.122. The third-order valence-electron chi connectivity index (χ3n) is 3.00. The number of carbonyl (C=O) groups excluding carboxylic acids is 1. The third kappa shape index (κ3) is 3.27. The van der Waals surface area contributed by atoms with Crippen molar-refractivity contribution in [2.45, 2.75) is 44.7 Å². The van der Waals surface area contributed by atoms with Gasteiger partial charge in [-0.3, -0.25) is 4.79 Å². The molecule has 5 N–H and O–H groups in total. The van der Waals surface area contributed by atoms with E-state index in [0.29, 0.717) is 18.6 Å². The summed E-state index contributed by atoms with van der Waals surface area (Å²) in [6.07, 6.45) is 3.92. The molecule has 1 unspecified atom stereocenters. The minimum absolute atomic E-state index is 0.0984. The van der Waals surface area contributed by atoms with Gasteiger partial charge in [0.1, 0.15) is 0 Å². The molecule has 1 rings (SSSR count). The summed E-state index contributed by atoms with van der Waals surface area (Å²) in [4.78, 5) is 10.9. The van der Waals surface area contributed by atoms with Crippen LogP contribution in [-0.4, -0.2) is 24.5 Å². The molecule has 1 atom stereocenters. The Morgan fingerprint density at radius 2 is 2.00 bits per heavy atom. The highest BCUT2D eigenvalue weighted by Crippen LogP contribution is 2.23. The Hall–Kier alpha value is -0.610. The first-order valence-electron chi connectivity index (χ1n) is 5.39. The van der Waals surface area contributed by atoms with Crippen molar-refractivity contribution in [2.75, 3.05) is 6.54 Å². The van der Waals surface area contributed by atoms with Crippen LogP contribution < -0.4 is 16.8 Å². The van der Waals surface area contributed by atoms with Crippen LogP contribution in [0.1, 0.15) is 32.6 Å². The predicted molar refractivity (Wildman–Crippen MR) is 56.6 cm³/mol. The maximum Gasteiger partial charge on any atom is 0.220 e. The minimum Gasteiger partial charge on any atom is -0.369 e. The van der Waals surface area contributed by atoms with Crippen LogP contribution in [0, 0.1) is 5.92 Å². The minimum atomic E-state index is -0.143. The first-order valence-corrected chi connectivity index (χ1v) is 5.39. The molecule has 4 heteroatoms. The Bertz CT molecular complexity index is 188. The molecular weight excluding hydrogens is 178 g/mol. The van der Waals surface area contributed by atoms with E-state index in [0.717, 1.165) is 25.7 Å². The van der Waals surface area contributed by atoms with E-state index < -0.39 is 0 Å². The van der Waals surface area contributed by atoms with Gasteiger partial charge in [0.05, 0.1) is 0 Å². The third-order valence-corrected chi connectivity index (χ3v) is 3.00. The molecule has 82 valence electrons. The maximum atomic E-state index is 10.9. The first-order chi connectivity index (χ1) is 6.63. The molecule has 0 aromatic carbocycles. The fourth-order valence-electron chi connectivity index (χ4n) is 2.02. The summed E-state index contributed by atoms with van der Waals surface area (Å²) >= 11 is 0. The largest absolute Gasteiger partial charge is 0.369 e. The highest BCUT2D eigenvalue weighted by Gasteiger charge is 2.24. The van der Waals surface area contributed by atoms with Gasteiger partial charge in [-0.2, -0.15) is 0 Å². The average molecular weight is 199 g/mol. The molecule has 0 saturated heterocycles. The molecule has 14 heavy (non-hydrogen) atoms. The van der Waals surface area contributed by atoms with Crippen LogP contribution in [0.4, 0.5) is 0 Å². The molecule has 0 radical (unpaired) electrons. The predicted octanol–water partition coefficient (Wildman–Crippen LogP) is -0.0327. The Morgan fingerprint density at radius 3 is 2.43 bits per heavy atom. The fraction of sp³-hybridized carbons (Fsp3) is 0.900. The summed E-state index contributed by atoms with van der Waals surface area (Å²) in [6.45, 7) is 2.75. The summed E-state index contributed by atoms with van der Waals surface area (Å²) in [7, 11) is 0. The van der Waals surface area contributed by atoms with Gasteiger partial charge in [0.2, 0.25) is 5.91 Å². The second kappa shape index (κ2) is 5.32. The quantitative estimate of drug-likeness (QED) is 0.594. The molecule has 1 fully saturated rings. The van der Waals surface area contributed by atoms with Crippen molar-refractivity contribution in [3.63, 3.8) is 0 Å². The lowest BCUT2D eigenvalue weighted by Gasteiger charge is -2.29. The molecule has 1 amide bonds. The van der Waals surface area contributed by atoms with Crippen LogP contribution in [0.2, 0.25) is 0 Å². The van der Waals surface area contributed by atoms with Crippen LogP contribution in [0.25, 0.3) is 0 Å². The standard InChI is InChI=1S/C10H21N3O/c1-7(6-11)13-9-4-2-8(3-5-9)10(12)14/h7-9,13H,2-6,11H2,1H3,(H2,12,14). The number of amides is 1. The van der Waals surface area contributed by atoms with E-state index in [-0.39, 0.29) is 11.8 Å². The van der Waals surface area contributed by atoms with Gasteiger partial charge in [-0.25, -0.2) is 0 Å². The zero-order valence-electron chi connectivity index (χ0n) is 8.83. The molecule has 4 nitrogen and oxygen atoms in total. The second-order valence-corrected chi connectivity index (χ2v) is 4.25. The topological polar surface area (TPSA) is 81.1 Å². The molecule has 0 heterocycles. The zero-order valence-corrected chi connectivity index (χ0v) is 8.83. The maximum absolute atomic E-state index is 10.9. The molecular formula is C10H21N3O. The molecule has 0 aromatic rings. The molecule has 1 aliphatic carbocycles. The van der Waals surface area contributed by atoms with Gasteiger partial charge in [0, 0.05) is 24.5 Å². The Balaban J connectivity index is 2.25. The van der Waals surface area contributed by atoms with Gasteiger partial charge < -0.3 is 16.8 Å². The van der Waals surface area contributed by atoms with E-state index in [2.05, 4.69) is 12.2 Å². The van der Waals surface area contributed by atoms with Crippen LogP contribution in [-0.2, 0) is 4.79 Å². The smallest absolute Gasteiger partial charge is 0.220 e.